The Bertz CT molecular complexity index is 1620. The van der Waals surface area contributed by atoms with Crippen molar-refractivity contribution < 1.29 is 27.2 Å². The molecule has 1 atom stereocenters. The molecule has 1 N–H and O–H groups in total. The van der Waals surface area contributed by atoms with E-state index in [0.717, 1.165) is 16.3 Å². The Morgan fingerprint density at radius 2 is 1.49 bits per heavy atom. The van der Waals surface area contributed by atoms with Gasteiger partial charge in [-0.2, -0.15) is 0 Å². The van der Waals surface area contributed by atoms with Crippen molar-refractivity contribution in [2.45, 2.75) is 17.2 Å². The van der Waals surface area contributed by atoms with E-state index in [4.69, 9.17) is 4.42 Å². The number of carbonyl (C=O) groups is 3. The lowest BCUT2D eigenvalue weighted by atomic mass is 10.0. The van der Waals surface area contributed by atoms with Gasteiger partial charge < -0.3 is 19.5 Å². The summed E-state index contributed by atoms with van der Waals surface area (Å²) in [7, 11) is -4.30. The third-order valence-corrected chi connectivity index (χ3v) is 8.66. The molecule has 3 amide bonds. The number of furan rings is 1. The fourth-order valence-corrected chi connectivity index (χ4v) is 6.08. The van der Waals surface area contributed by atoms with E-state index in [0.29, 0.717) is 5.56 Å². The number of fused-ring (bicyclic) bond motifs is 1. The highest BCUT2D eigenvalue weighted by atomic mass is 32.2. The van der Waals surface area contributed by atoms with E-state index in [1.807, 2.05) is 43.3 Å². The van der Waals surface area contributed by atoms with Gasteiger partial charge in [-0.15, -0.1) is 0 Å². The van der Waals surface area contributed by atoms with Gasteiger partial charge in [-0.3, -0.25) is 14.4 Å². The van der Waals surface area contributed by atoms with Crippen molar-refractivity contribution >= 4 is 38.3 Å². The molecule has 0 aliphatic carbocycles. The van der Waals surface area contributed by atoms with Gasteiger partial charge in [-0.25, -0.2) is 8.42 Å². The van der Waals surface area contributed by atoms with Gasteiger partial charge in [0.1, 0.15) is 0 Å². The molecule has 1 aromatic heterocycles. The maximum atomic E-state index is 13.6. The summed E-state index contributed by atoms with van der Waals surface area (Å²) in [6, 6.07) is 22.1. The standard InChI is InChI=1S/C29H27N3O6S/c1-20-11-13-22(14-12-20)39(36,37)27(30-26(33)25-10-5-19-38-25)29(35)32-17-15-31(16-18-32)28(34)24-9-4-7-21-6-2-3-8-23(21)24/h2-14,19,27H,15-18H2,1H3,(H,30,33). The molecule has 1 fully saturated rings. The average molecular weight is 546 g/mol. The van der Waals surface area contributed by atoms with Crippen molar-refractivity contribution in [3.63, 3.8) is 0 Å². The topological polar surface area (TPSA) is 117 Å². The molecule has 0 saturated carbocycles. The number of nitrogens with zero attached hydrogens (tertiary/aromatic N) is 2. The normalized spacial score (nSPS) is 14.7. The summed E-state index contributed by atoms with van der Waals surface area (Å²) in [5.74, 6) is -1.86. The number of rotatable bonds is 6. The molecule has 0 bridgehead atoms. The zero-order chi connectivity index (χ0) is 27.6. The van der Waals surface area contributed by atoms with E-state index >= 15 is 0 Å². The predicted octanol–water partition coefficient (Wildman–Crippen LogP) is 3.26. The number of aryl methyl sites for hydroxylation is 1. The van der Waals surface area contributed by atoms with E-state index in [1.165, 1.54) is 35.4 Å². The van der Waals surface area contributed by atoms with Crippen molar-refractivity contribution in [1.82, 2.24) is 15.1 Å². The van der Waals surface area contributed by atoms with Gasteiger partial charge in [-0.1, -0.05) is 54.1 Å². The van der Waals surface area contributed by atoms with Gasteiger partial charge in [0.2, 0.25) is 15.2 Å². The molecule has 200 valence electrons. The Balaban J connectivity index is 1.35. The second-order valence-electron chi connectivity index (χ2n) is 9.33. The first-order valence-corrected chi connectivity index (χ1v) is 14.0. The fourth-order valence-electron chi connectivity index (χ4n) is 4.61. The minimum absolute atomic E-state index is 0.0871. The molecule has 3 aromatic carbocycles. The number of hydrogen-bond acceptors (Lipinski definition) is 6. The summed E-state index contributed by atoms with van der Waals surface area (Å²) in [6.45, 7) is 2.49. The first-order valence-electron chi connectivity index (χ1n) is 12.5. The van der Waals surface area contributed by atoms with Crippen LogP contribution in [0.5, 0.6) is 0 Å². The monoisotopic (exact) mass is 545 g/mol. The van der Waals surface area contributed by atoms with Crippen LogP contribution in [0.4, 0.5) is 0 Å². The van der Waals surface area contributed by atoms with Gasteiger partial charge in [0.05, 0.1) is 11.2 Å². The second-order valence-corrected chi connectivity index (χ2v) is 11.4. The van der Waals surface area contributed by atoms with Crippen LogP contribution in [-0.4, -0.2) is 67.5 Å². The summed E-state index contributed by atoms with van der Waals surface area (Å²) in [5, 5.41) is 2.29. The summed E-state index contributed by atoms with van der Waals surface area (Å²) in [5.41, 5.74) is 1.42. The molecule has 4 aromatic rings. The molecule has 1 aliphatic rings. The Morgan fingerprint density at radius 1 is 0.821 bits per heavy atom. The lowest BCUT2D eigenvalue weighted by Gasteiger charge is -2.36. The van der Waals surface area contributed by atoms with E-state index in [1.54, 1.807) is 23.1 Å². The molecular weight excluding hydrogens is 518 g/mol. The number of hydrogen-bond donors (Lipinski definition) is 1. The summed E-state index contributed by atoms with van der Waals surface area (Å²) >= 11 is 0. The second kappa shape index (κ2) is 10.7. The lowest BCUT2D eigenvalue weighted by molar-refractivity contribution is -0.132. The smallest absolute Gasteiger partial charge is 0.288 e. The number of piperazine rings is 1. The predicted molar refractivity (Wildman–Crippen MR) is 145 cm³/mol. The van der Waals surface area contributed by atoms with Crippen molar-refractivity contribution in [3.05, 3.63) is 102 Å². The zero-order valence-electron chi connectivity index (χ0n) is 21.2. The summed E-state index contributed by atoms with van der Waals surface area (Å²) in [6.07, 6.45) is 1.28. The highest BCUT2D eigenvalue weighted by Crippen LogP contribution is 2.22. The highest BCUT2D eigenvalue weighted by molar-refractivity contribution is 7.92. The maximum absolute atomic E-state index is 13.6. The van der Waals surface area contributed by atoms with Crippen LogP contribution >= 0.6 is 0 Å². The molecule has 1 aliphatic heterocycles. The van der Waals surface area contributed by atoms with Crippen LogP contribution < -0.4 is 5.32 Å². The molecule has 0 spiro atoms. The van der Waals surface area contributed by atoms with Crippen LogP contribution in [0.25, 0.3) is 10.8 Å². The Morgan fingerprint density at radius 3 is 2.18 bits per heavy atom. The number of benzene rings is 3. The Kier molecular flexibility index (Phi) is 7.21. The van der Waals surface area contributed by atoms with Crippen LogP contribution in [0, 0.1) is 6.92 Å². The van der Waals surface area contributed by atoms with Crippen LogP contribution in [-0.2, 0) is 14.6 Å². The molecule has 9 nitrogen and oxygen atoms in total. The Labute approximate surface area is 225 Å². The third-order valence-electron chi connectivity index (χ3n) is 6.79. The van der Waals surface area contributed by atoms with Gasteiger partial charge in [0.25, 0.3) is 17.7 Å². The van der Waals surface area contributed by atoms with E-state index < -0.39 is 27.0 Å². The molecule has 10 heteroatoms. The van der Waals surface area contributed by atoms with Crippen LogP contribution in [0.15, 0.2) is 94.4 Å². The van der Waals surface area contributed by atoms with Crippen LogP contribution in [0.2, 0.25) is 0 Å². The fraction of sp³-hybridized carbons (Fsp3) is 0.207. The van der Waals surface area contributed by atoms with Crippen LogP contribution in [0.3, 0.4) is 0 Å². The average Bonchev–Trinajstić information content (AvgIpc) is 3.50. The first-order chi connectivity index (χ1) is 18.8. The van der Waals surface area contributed by atoms with E-state index in [2.05, 4.69) is 5.32 Å². The van der Waals surface area contributed by atoms with Crippen molar-refractivity contribution in [1.29, 1.82) is 0 Å². The zero-order valence-corrected chi connectivity index (χ0v) is 22.1. The van der Waals surface area contributed by atoms with Gasteiger partial charge in [0.15, 0.2) is 5.76 Å². The van der Waals surface area contributed by atoms with E-state index in [-0.39, 0.29) is 42.7 Å². The molecule has 39 heavy (non-hydrogen) atoms. The number of carbonyl (C=O) groups excluding carboxylic acids is 3. The highest BCUT2D eigenvalue weighted by Gasteiger charge is 2.40. The molecular formula is C29H27N3O6S. The number of amides is 3. The largest absolute Gasteiger partial charge is 0.459 e. The van der Waals surface area contributed by atoms with Crippen molar-refractivity contribution in [3.8, 4) is 0 Å². The van der Waals surface area contributed by atoms with Gasteiger partial charge >= 0.3 is 0 Å². The molecule has 1 saturated heterocycles. The third kappa shape index (κ3) is 5.28. The molecule has 5 rings (SSSR count). The van der Waals surface area contributed by atoms with Gasteiger partial charge in [0, 0.05) is 31.7 Å². The molecule has 0 radical (unpaired) electrons. The molecule has 1 unspecified atom stereocenters. The van der Waals surface area contributed by atoms with Gasteiger partial charge in [-0.05, 0) is 48.0 Å². The lowest BCUT2D eigenvalue weighted by Crippen LogP contribution is -2.57. The van der Waals surface area contributed by atoms with Crippen molar-refractivity contribution in [2.75, 3.05) is 26.2 Å². The van der Waals surface area contributed by atoms with E-state index in [9.17, 15) is 22.8 Å². The first kappa shape index (κ1) is 26.2. The number of nitrogens with one attached hydrogen (secondary N) is 1. The van der Waals surface area contributed by atoms with Crippen molar-refractivity contribution in [2.24, 2.45) is 0 Å². The number of sulfone groups is 1. The SMILES string of the molecule is Cc1ccc(S(=O)(=O)C(NC(=O)c2ccco2)C(=O)N2CCN(C(=O)c3cccc4ccccc34)CC2)cc1. The quantitative estimate of drug-likeness (QED) is 0.398. The Hall–Kier alpha value is -4.44. The minimum Gasteiger partial charge on any atom is -0.459 e. The summed E-state index contributed by atoms with van der Waals surface area (Å²) in [4.78, 5) is 42.6. The maximum Gasteiger partial charge on any atom is 0.288 e. The minimum atomic E-state index is -4.30. The summed E-state index contributed by atoms with van der Waals surface area (Å²) < 4.78 is 32.2. The molecule has 2 heterocycles. The van der Waals surface area contributed by atoms with Crippen LogP contribution in [0.1, 0.15) is 26.5 Å².